The molecular weight excluding hydrogens is 913 g/mol. The molecule has 0 aliphatic carbocycles. The molecule has 1 unspecified atom stereocenters. The van der Waals surface area contributed by atoms with Crippen LogP contribution in [-0.2, 0) is 28.6 Å². The first kappa shape index (κ1) is 71.9. The average Bonchev–Trinajstić information content (AvgIpc) is 3.40. The van der Waals surface area contributed by atoms with Gasteiger partial charge >= 0.3 is 17.9 Å². The molecule has 0 aromatic heterocycles. The van der Waals surface area contributed by atoms with Gasteiger partial charge in [-0.15, -0.1) is 0 Å². The van der Waals surface area contributed by atoms with Gasteiger partial charge in [-0.1, -0.05) is 308 Å². The maximum atomic E-state index is 12.9. The Labute approximate surface area is 462 Å². The topological polar surface area (TPSA) is 78.9 Å². The van der Waals surface area contributed by atoms with Crippen LogP contribution in [0.25, 0.3) is 0 Å². The fraction of sp³-hybridized carbons (Fsp3) is 0.897. The summed E-state index contributed by atoms with van der Waals surface area (Å²) < 4.78 is 17.0. The van der Waals surface area contributed by atoms with Gasteiger partial charge in [-0.2, -0.15) is 0 Å². The summed E-state index contributed by atoms with van der Waals surface area (Å²) in [5.74, 6) is -0.851. The molecule has 0 radical (unpaired) electrons. The standard InChI is InChI=1S/C68H128O6/c1-4-7-10-13-16-19-22-25-28-31-33-34-36-37-40-43-46-49-52-55-58-61-67(70)73-64-65(63-72-66(69)60-57-54-51-48-45-42-39-30-27-24-21-18-15-12-9-6-3)74-68(71)62-59-56-53-50-47-44-41-38-35-32-29-26-23-20-17-14-11-8-5-2/h30-31,33,39,65H,4-29,32,34-38,40-64H2,1-3H3/b33-31-,39-30-. The average molecular weight is 1040 g/mol. The smallest absolute Gasteiger partial charge is 0.306 e. The highest BCUT2D eigenvalue weighted by Crippen LogP contribution is 2.18. The Morgan fingerprint density at radius 3 is 0.676 bits per heavy atom. The third-order valence-corrected chi connectivity index (χ3v) is 15.2. The van der Waals surface area contributed by atoms with Crippen LogP contribution in [0, 0.1) is 0 Å². The second-order valence-electron chi connectivity index (χ2n) is 22.7. The van der Waals surface area contributed by atoms with E-state index < -0.39 is 6.10 Å². The Morgan fingerprint density at radius 1 is 0.257 bits per heavy atom. The van der Waals surface area contributed by atoms with Crippen molar-refractivity contribution in [3.05, 3.63) is 24.3 Å². The molecule has 0 aromatic carbocycles. The zero-order valence-electron chi connectivity index (χ0n) is 50.1. The lowest BCUT2D eigenvalue weighted by molar-refractivity contribution is -0.167. The van der Waals surface area contributed by atoms with Crippen LogP contribution < -0.4 is 0 Å². The van der Waals surface area contributed by atoms with Crippen LogP contribution in [0.15, 0.2) is 24.3 Å². The van der Waals surface area contributed by atoms with E-state index in [9.17, 15) is 14.4 Å². The van der Waals surface area contributed by atoms with Gasteiger partial charge in [0.1, 0.15) is 13.2 Å². The molecule has 0 spiro atoms. The molecule has 0 aliphatic heterocycles. The molecule has 1 atom stereocenters. The highest BCUT2D eigenvalue weighted by atomic mass is 16.6. The summed E-state index contributed by atoms with van der Waals surface area (Å²) >= 11 is 0. The summed E-state index contributed by atoms with van der Waals surface area (Å²) in [5, 5.41) is 0. The van der Waals surface area contributed by atoms with E-state index in [0.29, 0.717) is 19.3 Å². The minimum Gasteiger partial charge on any atom is -0.462 e. The molecule has 6 heteroatoms. The third kappa shape index (κ3) is 60.8. The number of allylic oxidation sites excluding steroid dienone is 4. The zero-order chi connectivity index (χ0) is 53.6. The van der Waals surface area contributed by atoms with Gasteiger partial charge in [-0.3, -0.25) is 14.4 Å². The summed E-state index contributed by atoms with van der Waals surface area (Å²) in [6, 6.07) is 0. The number of carbonyl (C=O) groups is 3. The first-order valence-corrected chi connectivity index (χ1v) is 33.3. The van der Waals surface area contributed by atoms with Crippen LogP contribution in [0.2, 0.25) is 0 Å². The molecule has 6 nitrogen and oxygen atoms in total. The lowest BCUT2D eigenvalue weighted by atomic mass is 10.0. The Kier molecular flexibility index (Phi) is 61.6. The number of hydrogen-bond acceptors (Lipinski definition) is 6. The summed E-state index contributed by atoms with van der Waals surface area (Å²) in [4.78, 5) is 38.4. The van der Waals surface area contributed by atoms with Gasteiger partial charge < -0.3 is 14.2 Å². The van der Waals surface area contributed by atoms with Crippen molar-refractivity contribution >= 4 is 17.9 Å². The van der Waals surface area contributed by atoms with Crippen LogP contribution >= 0.6 is 0 Å². The molecule has 0 rings (SSSR count). The Morgan fingerprint density at radius 2 is 0.446 bits per heavy atom. The van der Waals surface area contributed by atoms with E-state index in [4.69, 9.17) is 14.2 Å². The lowest BCUT2D eigenvalue weighted by Crippen LogP contribution is -2.30. The fourth-order valence-corrected chi connectivity index (χ4v) is 10.1. The van der Waals surface area contributed by atoms with E-state index in [-0.39, 0.29) is 31.1 Å². The first-order chi connectivity index (χ1) is 36.5. The second-order valence-corrected chi connectivity index (χ2v) is 22.7. The Bertz CT molecular complexity index is 1190. The summed E-state index contributed by atoms with van der Waals surface area (Å²) in [6.45, 7) is 6.70. The third-order valence-electron chi connectivity index (χ3n) is 15.2. The molecule has 0 fully saturated rings. The van der Waals surface area contributed by atoms with Crippen molar-refractivity contribution in [2.75, 3.05) is 13.2 Å². The van der Waals surface area contributed by atoms with Gasteiger partial charge in [-0.25, -0.2) is 0 Å². The normalized spacial score (nSPS) is 12.1. The van der Waals surface area contributed by atoms with E-state index in [2.05, 4.69) is 45.1 Å². The van der Waals surface area contributed by atoms with Gasteiger partial charge in [0.05, 0.1) is 0 Å². The molecule has 0 saturated carbocycles. The quantitative estimate of drug-likeness (QED) is 0.0261. The monoisotopic (exact) mass is 1040 g/mol. The highest BCUT2D eigenvalue weighted by molar-refractivity contribution is 5.71. The molecule has 0 bridgehead atoms. The Balaban J connectivity index is 4.31. The number of ether oxygens (including phenoxy) is 3. The van der Waals surface area contributed by atoms with Gasteiger partial charge in [0.2, 0.25) is 0 Å². The minimum absolute atomic E-state index is 0.0699. The van der Waals surface area contributed by atoms with Crippen molar-refractivity contribution in [2.45, 2.75) is 380 Å². The van der Waals surface area contributed by atoms with E-state index in [1.165, 1.54) is 270 Å². The van der Waals surface area contributed by atoms with Crippen LogP contribution in [-0.4, -0.2) is 37.2 Å². The molecule has 0 heterocycles. The predicted octanol–water partition coefficient (Wildman–Crippen LogP) is 22.6. The summed E-state index contributed by atoms with van der Waals surface area (Å²) in [7, 11) is 0. The van der Waals surface area contributed by atoms with E-state index in [0.717, 1.165) is 64.2 Å². The second kappa shape index (κ2) is 63.4. The molecule has 74 heavy (non-hydrogen) atoms. The van der Waals surface area contributed by atoms with Crippen molar-refractivity contribution in [1.29, 1.82) is 0 Å². The van der Waals surface area contributed by atoms with E-state index >= 15 is 0 Å². The van der Waals surface area contributed by atoms with E-state index in [1.54, 1.807) is 0 Å². The van der Waals surface area contributed by atoms with Crippen LogP contribution in [0.5, 0.6) is 0 Å². The summed E-state index contributed by atoms with van der Waals surface area (Å²) in [6.07, 6.45) is 76.1. The summed E-state index contributed by atoms with van der Waals surface area (Å²) in [5.41, 5.74) is 0. The minimum atomic E-state index is -0.773. The SMILES string of the molecule is CCCCCCCCC/C=C\CCCCCCCC(=O)OCC(COC(=O)CCCCCCCCCCC/C=C\CCCCCCCCCC)OC(=O)CCCCCCCCCCCCCCCCCCCCC. The largest absolute Gasteiger partial charge is 0.462 e. The highest BCUT2D eigenvalue weighted by Gasteiger charge is 2.19. The molecule has 0 aliphatic rings. The van der Waals surface area contributed by atoms with Gasteiger partial charge in [0.15, 0.2) is 6.10 Å². The number of unbranched alkanes of at least 4 members (excludes halogenated alkanes) is 47. The van der Waals surface area contributed by atoms with Gasteiger partial charge in [0, 0.05) is 19.3 Å². The van der Waals surface area contributed by atoms with Crippen molar-refractivity contribution in [1.82, 2.24) is 0 Å². The molecule has 0 amide bonds. The lowest BCUT2D eigenvalue weighted by Gasteiger charge is -2.18. The van der Waals surface area contributed by atoms with Gasteiger partial charge in [-0.05, 0) is 70.6 Å². The maximum absolute atomic E-state index is 12.9. The number of rotatable bonds is 62. The van der Waals surface area contributed by atoms with Crippen molar-refractivity contribution < 1.29 is 28.6 Å². The predicted molar refractivity (Wildman–Crippen MR) is 321 cm³/mol. The van der Waals surface area contributed by atoms with Crippen LogP contribution in [0.4, 0.5) is 0 Å². The number of esters is 3. The molecule has 0 aromatic rings. The van der Waals surface area contributed by atoms with Crippen molar-refractivity contribution in [2.24, 2.45) is 0 Å². The van der Waals surface area contributed by atoms with Crippen LogP contribution in [0.3, 0.4) is 0 Å². The number of carbonyl (C=O) groups excluding carboxylic acids is 3. The van der Waals surface area contributed by atoms with Crippen LogP contribution in [0.1, 0.15) is 374 Å². The van der Waals surface area contributed by atoms with Crippen molar-refractivity contribution in [3.8, 4) is 0 Å². The molecular formula is C68H128O6. The maximum Gasteiger partial charge on any atom is 0.306 e. The molecule has 436 valence electrons. The first-order valence-electron chi connectivity index (χ1n) is 33.3. The number of hydrogen-bond donors (Lipinski definition) is 0. The fourth-order valence-electron chi connectivity index (χ4n) is 10.1. The Hall–Kier alpha value is -2.11. The van der Waals surface area contributed by atoms with Gasteiger partial charge in [0.25, 0.3) is 0 Å². The molecule has 0 saturated heterocycles. The van der Waals surface area contributed by atoms with Crippen molar-refractivity contribution in [3.63, 3.8) is 0 Å². The molecule has 0 N–H and O–H groups in total. The zero-order valence-corrected chi connectivity index (χ0v) is 50.1. The van der Waals surface area contributed by atoms with E-state index in [1.807, 2.05) is 0 Å².